The highest BCUT2D eigenvalue weighted by Gasteiger charge is 2.27. The maximum absolute atomic E-state index is 12.4. The molecule has 0 bridgehead atoms. The molecule has 3 aromatic rings. The summed E-state index contributed by atoms with van der Waals surface area (Å²) in [4.78, 5) is 14.3. The van der Waals surface area contributed by atoms with Gasteiger partial charge in [0.15, 0.2) is 0 Å². The molecule has 1 aliphatic heterocycles. The van der Waals surface area contributed by atoms with Gasteiger partial charge in [-0.05, 0) is 41.7 Å². The smallest absolute Gasteiger partial charge is 0.321 e. The molecule has 2 amide bonds. The average Bonchev–Trinajstić information content (AvgIpc) is 3.24. The lowest BCUT2D eigenvalue weighted by molar-refractivity contribution is 0.222. The molecule has 1 atom stereocenters. The Kier molecular flexibility index (Phi) is 3.67. The Morgan fingerprint density at radius 1 is 1.22 bits per heavy atom. The third-order valence-corrected chi connectivity index (χ3v) is 4.95. The summed E-state index contributed by atoms with van der Waals surface area (Å²) in [5.41, 5.74) is 2.88. The average molecular weight is 324 g/mol. The van der Waals surface area contributed by atoms with Gasteiger partial charge in [-0.25, -0.2) is 4.79 Å². The van der Waals surface area contributed by atoms with Crippen LogP contribution in [0.4, 0.5) is 10.5 Å². The van der Waals surface area contributed by atoms with E-state index in [0.717, 1.165) is 35.4 Å². The normalized spacial score (nSPS) is 17.6. The van der Waals surface area contributed by atoms with Crippen molar-refractivity contribution in [3.63, 3.8) is 0 Å². The number of fused-ring (bicyclic) bond motifs is 1. The summed E-state index contributed by atoms with van der Waals surface area (Å²) in [7, 11) is 0. The molecular formula is C17H16N4OS. The zero-order valence-electron chi connectivity index (χ0n) is 12.5. The summed E-state index contributed by atoms with van der Waals surface area (Å²) in [6.07, 6.45) is 1.01. The predicted octanol–water partition coefficient (Wildman–Crippen LogP) is 3.71. The highest BCUT2D eigenvalue weighted by atomic mass is 32.1. The maximum Gasteiger partial charge on any atom is 0.321 e. The van der Waals surface area contributed by atoms with E-state index >= 15 is 0 Å². The topological polar surface area (TPSA) is 58.1 Å². The molecule has 2 heterocycles. The minimum absolute atomic E-state index is 0.0500. The van der Waals surface area contributed by atoms with Gasteiger partial charge < -0.3 is 10.2 Å². The number of likely N-dealkylation sites (tertiary alicyclic amines) is 1. The third-order valence-electron chi connectivity index (χ3n) is 4.24. The van der Waals surface area contributed by atoms with Gasteiger partial charge in [-0.3, -0.25) is 0 Å². The van der Waals surface area contributed by atoms with E-state index in [-0.39, 0.29) is 6.03 Å². The number of amides is 2. The number of hydrogen-bond donors (Lipinski definition) is 1. The number of rotatable bonds is 2. The van der Waals surface area contributed by atoms with Gasteiger partial charge in [-0.2, -0.15) is 0 Å². The number of urea groups is 1. The standard InChI is InChI=1S/C17H16N4OS/c22-17(18-14-6-7-16-15(10-14)19-20-23-16)21-9-8-13(11-21)12-4-2-1-3-5-12/h1-7,10,13H,8-9,11H2,(H,18,22)/t13-/m0/s1. The molecule has 5 nitrogen and oxygen atoms in total. The lowest BCUT2D eigenvalue weighted by Crippen LogP contribution is -2.32. The second-order valence-corrected chi connectivity index (χ2v) is 6.51. The molecule has 1 aliphatic rings. The van der Waals surface area contributed by atoms with Crippen molar-refractivity contribution in [3.8, 4) is 0 Å². The highest BCUT2D eigenvalue weighted by Crippen LogP contribution is 2.27. The highest BCUT2D eigenvalue weighted by molar-refractivity contribution is 7.12. The van der Waals surface area contributed by atoms with Crippen LogP contribution in [-0.2, 0) is 0 Å². The van der Waals surface area contributed by atoms with Crippen LogP contribution in [0.3, 0.4) is 0 Å². The van der Waals surface area contributed by atoms with Crippen LogP contribution in [0.25, 0.3) is 10.2 Å². The van der Waals surface area contributed by atoms with E-state index in [1.807, 2.05) is 29.2 Å². The van der Waals surface area contributed by atoms with E-state index < -0.39 is 0 Å². The maximum atomic E-state index is 12.4. The van der Waals surface area contributed by atoms with Crippen molar-refractivity contribution in [1.29, 1.82) is 0 Å². The third kappa shape index (κ3) is 2.90. The predicted molar refractivity (Wildman–Crippen MR) is 91.8 cm³/mol. The Morgan fingerprint density at radius 3 is 2.96 bits per heavy atom. The number of benzene rings is 2. The Labute approximate surface area is 138 Å². The minimum atomic E-state index is -0.0500. The molecule has 1 saturated heterocycles. The molecule has 6 heteroatoms. The Hall–Kier alpha value is -2.47. The molecular weight excluding hydrogens is 308 g/mol. The first-order valence-corrected chi connectivity index (χ1v) is 8.40. The van der Waals surface area contributed by atoms with Crippen LogP contribution in [0.2, 0.25) is 0 Å². The number of nitrogens with zero attached hydrogens (tertiary/aromatic N) is 3. The molecule has 23 heavy (non-hydrogen) atoms. The number of aromatic nitrogens is 2. The number of anilines is 1. The fraction of sp³-hybridized carbons (Fsp3) is 0.235. The van der Waals surface area contributed by atoms with E-state index in [9.17, 15) is 4.79 Å². The molecule has 4 rings (SSSR count). The minimum Gasteiger partial charge on any atom is -0.324 e. The van der Waals surface area contributed by atoms with Crippen LogP contribution in [-0.4, -0.2) is 33.6 Å². The summed E-state index contributed by atoms with van der Waals surface area (Å²) >= 11 is 1.35. The first kappa shape index (κ1) is 14.1. The van der Waals surface area contributed by atoms with Gasteiger partial charge in [0.25, 0.3) is 0 Å². The second kappa shape index (κ2) is 5.96. The van der Waals surface area contributed by atoms with Gasteiger partial charge >= 0.3 is 6.03 Å². The second-order valence-electron chi connectivity index (χ2n) is 5.73. The molecule has 116 valence electrons. The van der Waals surface area contributed by atoms with E-state index in [1.165, 1.54) is 17.1 Å². The molecule has 0 saturated carbocycles. The SMILES string of the molecule is O=C(Nc1ccc2snnc2c1)N1CC[C@H](c2ccccc2)C1. The van der Waals surface area contributed by atoms with Gasteiger partial charge in [0.1, 0.15) is 5.52 Å². The van der Waals surface area contributed by atoms with Gasteiger partial charge in [0.05, 0.1) is 4.70 Å². The van der Waals surface area contributed by atoms with Crippen LogP contribution in [0, 0.1) is 0 Å². The fourth-order valence-corrected chi connectivity index (χ4v) is 3.54. The van der Waals surface area contributed by atoms with Crippen molar-refractivity contribution >= 4 is 33.5 Å². The van der Waals surface area contributed by atoms with E-state index in [1.54, 1.807) is 0 Å². The molecule has 1 N–H and O–H groups in total. The molecule has 0 spiro atoms. The molecule has 0 aliphatic carbocycles. The zero-order valence-corrected chi connectivity index (χ0v) is 13.3. The van der Waals surface area contributed by atoms with Crippen molar-refractivity contribution in [1.82, 2.24) is 14.5 Å². The molecule has 2 aromatic carbocycles. The van der Waals surface area contributed by atoms with Crippen molar-refractivity contribution in [3.05, 3.63) is 54.1 Å². The zero-order chi connectivity index (χ0) is 15.6. The van der Waals surface area contributed by atoms with Crippen molar-refractivity contribution in [2.75, 3.05) is 18.4 Å². The monoisotopic (exact) mass is 324 g/mol. The van der Waals surface area contributed by atoms with Crippen molar-refractivity contribution < 1.29 is 4.79 Å². The quantitative estimate of drug-likeness (QED) is 0.782. The Morgan fingerprint density at radius 2 is 2.09 bits per heavy atom. The molecule has 0 radical (unpaired) electrons. The summed E-state index contributed by atoms with van der Waals surface area (Å²) in [6.45, 7) is 1.54. The number of carbonyl (C=O) groups excluding carboxylic acids is 1. The van der Waals surface area contributed by atoms with Crippen molar-refractivity contribution in [2.45, 2.75) is 12.3 Å². The molecule has 1 aromatic heterocycles. The summed E-state index contributed by atoms with van der Waals surface area (Å²) < 4.78 is 4.93. The Balaban J connectivity index is 1.43. The number of carbonyl (C=O) groups is 1. The van der Waals surface area contributed by atoms with Crippen molar-refractivity contribution in [2.24, 2.45) is 0 Å². The molecule has 1 fully saturated rings. The van der Waals surface area contributed by atoms with Crippen LogP contribution in [0.15, 0.2) is 48.5 Å². The van der Waals surface area contributed by atoms with E-state index in [2.05, 4.69) is 39.2 Å². The summed E-state index contributed by atoms with van der Waals surface area (Å²) in [5.74, 6) is 0.423. The summed E-state index contributed by atoms with van der Waals surface area (Å²) in [6, 6.07) is 16.0. The van der Waals surface area contributed by atoms with Crippen LogP contribution >= 0.6 is 11.5 Å². The first-order chi connectivity index (χ1) is 11.3. The lowest BCUT2D eigenvalue weighted by Gasteiger charge is -2.17. The summed E-state index contributed by atoms with van der Waals surface area (Å²) in [5, 5.41) is 7.00. The van der Waals surface area contributed by atoms with Crippen LogP contribution < -0.4 is 5.32 Å². The lowest BCUT2D eigenvalue weighted by atomic mass is 9.99. The van der Waals surface area contributed by atoms with E-state index in [4.69, 9.17) is 0 Å². The Bertz CT molecular complexity index is 833. The van der Waals surface area contributed by atoms with Crippen LogP contribution in [0.1, 0.15) is 17.9 Å². The van der Waals surface area contributed by atoms with Gasteiger partial charge in [-0.15, -0.1) is 5.10 Å². The van der Waals surface area contributed by atoms with Crippen LogP contribution in [0.5, 0.6) is 0 Å². The largest absolute Gasteiger partial charge is 0.324 e. The fourth-order valence-electron chi connectivity index (χ4n) is 3.00. The number of hydrogen-bond acceptors (Lipinski definition) is 4. The first-order valence-electron chi connectivity index (χ1n) is 7.62. The van der Waals surface area contributed by atoms with E-state index in [0.29, 0.717) is 5.92 Å². The van der Waals surface area contributed by atoms with Gasteiger partial charge in [0.2, 0.25) is 0 Å². The number of nitrogens with one attached hydrogen (secondary N) is 1. The molecule has 0 unspecified atom stereocenters. The van der Waals surface area contributed by atoms with Gasteiger partial charge in [0, 0.05) is 24.7 Å². The van der Waals surface area contributed by atoms with Gasteiger partial charge in [-0.1, -0.05) is 34.8 Å².